The minimum absolute atomic E-state index is 0.0166. The highest BCUT2D eigenvalue weighted by Gasteiger charge is 2.30. The number of alkyl halides is 3. The Labute approximate surface area is 168 Å². The average molecular weight is 429 g/mol. The first kappa shape index (κ1) is 22.5. The van der Waals surface area contributed by atoms with E-state index in [9.17, 15) is 26.4 Å². The van der Waals surface area contributed by atoms with Gasteiger partial charge in [0.1, 0.15) is 6.54 Å². The van der Waals surface area contributed by atoms with Crippen molar-refractivity contribution in [1.29, 1.82) is 0 Å². The fourth-order valence-electron chi connectivity index (χ4n) is 2.58. The van der Waals surface area contributed by atoms with E-state index in [1.54, 1.807) is 0 Å². The largest absolute Gasteiger partial charge is 0.416 e. The van der Waals surface area contributed by atoms with Crippen LogP contribution in [0.4, 0.5) is 24.5 Å². The average Bonchev–Trinajstić information content (AvgIpc) is 2.65. The van der Waals surface area contributed by atoms with Gasteiger partial charge in [-0.05, 0) is 36.4 Å². The van der Waals surface area contributed by atoms with Crippen LogP contribution in [0.2, 0.25) is 0 Å². The predicted molar refractivity (Wildman–Crippen MR) is 106 cm³/mol. The highest BCUT2D eigenvalue weighted by molar-refractivity contribution is 7.92. The van der Waals surface area contributed by atoms with E-state index in [1.165, 1.54) is 0 Å². The molecule has 0 heterocycles. The molecular weight excluding hydrogens is 407 g/mol. The smallest absolute Gasteiger partial charge is 0.373 e. The summed E-state index contributed by atoms with van der Waals surface area (Å²) >= 11 is 0. The van der Waals surface area contributed by atoms with E-state index >= 15 is 0 Å². The molecule has 0 bridgehead atoms. The van der Waals surface area contributed by atoms with Crippen molar-refractivity contribution in [3.63, 3.8) is 0 Å². The monoisotopic (exact) mass is 429 g/mol. The number of hydrogen-bond acceptors (Lipinski definition) is 4. The van der Waals surface area contributed by atoms with Crippen LogP contribution in [0.15, 0.2) is 54.6 Å². The van der Waals surface area contributed by atoms with Crippen molar-refractivity contribution in [2.45, 2.75) is 6.18 Å². The fraction of sp³-hybridized carbons (Fsp3) is 0.316. The number of halogens is 3. The van der Waals surface area contributed by atoms with Gasteiger partial charge in [-0.15, -0.1) is 0 Å². The molecule has 6 nitrogen and oxygen atoms in total. The van der Waals surface area contributed by atoms with Crippen LogP contribution in [-0.4, -0.2) is 47.3 Å². The maximum Gasteiger partial charge on any atom is 0.416 e. The van der Waals surface area contributed by atoms with Crippen LogP contribution in [0.5, 0.6) is 0 Å². The number of para-hydroxylation sites is 1. The van der Waals surface area contributed by atoms with E-state index in [0.717, 1.165) is 40.5 Å². The summed E-state index contributed by atoms with van der Waals surface area (Å²) in [6.07, 6.45) is -3.64. The van der Waals surface area contributed by atoms with Gasteiger partial charge in [-0.2, -0.15) is 13.2 Å². The first-order valence-electron chi connectivity index (χ1n) is 8.66. The molecule has 10 heteroatoms. The molecule has 0 aliphatic rings. The summed E-state index contributed by atoms with van der Waals surface area (Å²) in [4.78, 5) is 14.1. The molecule has 0 unspecified atom stereocenters. The van der Waals surface area contributed by atoms with Gasteiger partial charge in [-0.3, -0.25) is 9.10 Å². The SMILES string of the molecule is CN(CCNC(=O)CN(c1ccc(C(F)(F)F)cc1)S(C)(=O)=O)c1ccccc1. The Morgan fingerprint density at radius 3 is 2.10 bits per heavy atom. The van der Waals surface area contributed by atoms with Crippen LogP contribution < -0.4 is 14.5 Å². The molecular formula is C19H22F3N3O3S. The first-order valence-corrected chi connectivity index (χ1v) is 10.5. The molecule has 0 aliphatic heterocycles. The Kier molecular flexibility index (Phi) is 7.12. The Morgan fingerprint density at radius 2 is 1.59 bits per heavy atom. The van der Waals surface area contributed by atoms with Gasteiger partial charge in [0.25, 0.3) is 0 Å². The summed E-state index contributed by atoms with van der Waals surface area (Å²) < 4.78 is 62.9. The number of nitrogens with zero attached hydrogens (tertiary/aromatic N) is 2. The van der Waals surface area contributed by atoms with Crippen LogP contribution in [0, 0.1) is 0 Å². The molecule has 29 heavy (non-hydrogen) atoms. The molecule has 158 valence electrons. The predicted octanol–water partition coefficient (Wildman–Crippen LogP) is 2.72. The third-order valence-corrected chi connectivity index (χ3v) is 5.28. The van der Waals surface area contributed by atoms with Gasteiger partial charge < -0.3 is 10.2 Å². The van der Waals surface area contributed by atoms with Crippen molar-refractivity contribution < 1.29 is 26.4 Å². The number of amides is 1. The van der Waals surface area contributed by atoms with Crippen molar-refractivity contribution >= 4 is 27.3 Å². The molecule has 0 aliphatic carbocycles. The maximum absolute atomic E-state index is 12.7. The van der Waals surface area contributed by atoms with E-state index in [1.807, 2.05) is 42.3 Å². The number of sulfonamides is 1. The van der Waals surface area contributed by atoms with E-state index in [-0.39, 0.29) is 12.2 Å². The van der Waals surface area contributed by atoms with Gasteiger partial charge >= 0.3 is 6.18 Å². The Morgan fingerprint density at radius 1 is 1.00 bits per heavy atom. The summed E-state index contributed by atoms with van der Waals surface area (Å²) in [6, 6.07) is 13.1. The van der Waals surface area contributed by atoms with Crippen LogP contribution in [0.3, 0.4) is 0 Å². The second-order valence-electron chi connectivity index (χ2n) is 6.42. The standard InChI is InChI=1S/C19H22F3N3O3S/c1-24(16-6-4-3-5-7-16)13-12-23-18(26)14-25(29(2,27)28)17-10-8-15(9-11-17)19(20,21)22/h3-11H,12-14H2,1-2H3,(H,23,26). The lowest BCUT2D eigenvalue weighted by Gasteiger charge is -2.23. The molecule has 0 radical (unpaired) electrons. The number of carbonyl (C=O) groups excluding carboxylic acids is 1. The Hall–Kier alpha value is -2.75. The molecule has 0 saturated carbocycles. The van der Waals surface area contributed by atoms with Gasteiger partial charge in [0, 0.05) is 25.8 Å². The van der Waals surface area contributed by atoms with Gasteiger partial charge in [-0.25, -0.2) is 8.42 Å². The molecule has 0 spiro atoms. The van der Waals surface area contributed by atoms with Crippen LogP contribution >= 0.6 is 0 Å². The number of anilines is 2. The normalized spacial score (nSPS) is 11.8. The van der Waals surface area contributed by atoms with Gasteiger partial charge in [0.15, 0.2) is 0 Å². The zero-order valence-corrected chi connectivity index (χ0v) is 16.8. The highest BCUT2D eigenvalue weighted by atomic mass is 32.2. The first-order chi connectivity index (χ1) is 13.5. The van der Waals surface area contributed by atoms with E-state index in [4.69, 9.17) is 0 Å². The topological polar surface area (TPSA) is 69.7 Å². The van der Waals surface area contributed by atoms with Crippen LogP contribution in [-0.2, 0) is 21.0 Å². The zero-order chi connectivity index (χ0) is 21.7. The molecule has 0 atom stereocenters. The van der Waals surface area contributed by atoms with Gasteiger partial charge in [0.05, 0.1) is 17.5 Å². The van der Waals surface area contributed by atoms with Gasteiger partial charge in [0.2, 0.25) is 15.9 Å². The van der Waals surface area contributed by atoms with Crippen molar-refractivity contribution in [2.24, 2.45) is 0 Å². The van der Waals surface area contributed by atoms with Crippen molar-refractivity contribution in [3.05, 3.63) is 60.2 Å². The zero-order valence-electron chi connectivity index (χ0n) is 16.0. The van der Waals surface area contributed by atoms with E-state index in [0.29, 0.717) is 6.54 Å². The number of benzene rings is 2. The maximum atomic E-state index is 12.7. The lowest BCUT2D eigenvalue weighted by atomic mass is 10.2. The summed E-state index contributed by atoms with van der Waals surface area (Å²) in [6.45, 7) is 0.239. The molecule has 0 aromatic heterocycles. The van der Waals surface area contributed by atoms with E-state index < -0.39 is 34.2 Å². The number of carbonyl (C=O) groups is 1. The minimum atomic E-state index is -4.53. The quantitative estimate of drug-likeness (QED) is 0.701. The molecule has 2 aromatic carbocycles. The summed E-state index contributed by atoms with van der Waals surface area (Å²) in [5, 5.41) is 2.62. The summed E-state index contributed by atoms with van der Waals surface area (Å²) in [5.41, 5.74) is 0.0458. The van der Waals surface area contributed by atoms with Crippen molar-refractivity contribution in [3.8, 4) is 0 Å². The third-order valence-electron chi connectivity index (χ3n) is 4.14. The molecule has 1 N–H and O–H groups in total. The van der Waals surface area contributed by atoms with Crippen molar-refractivity contribution in [2.75, 3.05) is 42.1 Å². The molecule has 0 saturated heterocycles. The second kappa shape index (κ2) is 9.17. The lowest BCUT2D eigenvalue weighted by Crippen LogP contribution is -2.42. The molecule has 1 amide bonds. The molecule has 2 aromatic rings. The number of hydrogen-bond donors (Lipinski definition) is 1. The van der Waals surface area contributed by atoms with Gasteiger partial charge in [-0.1, -0.05) is 18.2 Å². The Balaban J connectivity index is 1.99. The number of nitrogens with one attached hydrogen (secondary N) is 1. The third kappa shape index (κ3) is 6.67. The fourth-order valence-corrected chi connectivity index (χ4v) is 3.43. The summed E-state index contributed by atoms with van der Waals surface area (Å²) in [7, 11) is -2.01. The lowest BCUT2D eigenvalue weighted by molar-refractivity contribution is -0.137. The molecule has 0 fully saturated rings. The summed E-state index contributed by atoms with van der Waals surface area (Å²) in [5.74, 6) is -0.559. The molecule has 2 rings (SSSR count). The number of rotatable bonds is 8. The number of likely N-dealkylation sites (N-methyl/N-ethyl adjacent to an activating group) is 1. The van der Waals surface area contributed by atoms with E-state index in [2.05, 4.69) is 5.32 Å². The van der Waals surface area contributed by atoms with Crippen molar-refractivity contribution in [1.82, 2.24) is 5.32 Å². The second-order valence-corrected chi connectivity index (χ2v) is 8.33. The Bertz CT molecular complexity index is 917. The minimum Gasteiger partial charge on any atom is -0.373 e. The van der Waals surface area contributed by atoms with Crippen LogP contribution in [0.25, 0.3) is 0 Å². The van der Waals surface area contributed by atoms with Crippen LogP contribution in [0.1, 0.15) is 5.56 Å². The highest BCUT2D eigenvalue weighted by Crippen LogP contribution is 2.30.